The predicted molar refractivity (Wildman–Crippen MR) is 59.5 cm³/mol. The SMILES string of the molecule is CCCCCC(OCC)C(=O)CCC. The summed E-state index contributed by atoms with van der Waals surface area (Å²) in [5.74, 6) is 0.283. The molecule has 0 spiro atoms. The van der Waals surface area contributed by atoms with Crippen molar-refractivity contribution in [3.63, 3.8) is 0 Å². The Morgan fingerprint density at radius 1 is 1.14 bits per heavy atom. The number of ketones is 1. The standard InChI is InChI=1S/C12H24O2/c1-4-7-8-10-12(14-6-3)11(13)9-5-2/h12H,4-10H2,1-3H3. The number of carbonyl (C=O) groups is 1. The first-order chi connectivity index (χ1) is 6.76. The molecule has 0 bridgehead atoms. The Morgan fingerprint density at radius 2 is 1.86 bits per heavy atom. The van der Waals surface area contributed by atoms with E-state index in [1.54, 1.807) is 0 Å². The average molecular weight is 200 g/mol. The van der Waals surface area contributed by atoms with E-state index in [-0.39, 0.29) is 11.9 Å². The Kier molecular flexibility index (Phi) is 8.95. The minimum absolute atomic E-state index is 0.133. The highest BCUT2D eigenvalue weighted by Crippen LogP contribution is 2.10. The number of ether oxygens (including phenoxy) is 1. The Bertz CT molecular complexity index is 143. The van der Waals surface area contributed by atoms with Gasteiger partial charge in [0, 0.05) is 13.0 Å². The maximum atomic E-state index is 11.6. The first-order valence-corrected chi connectivity index (χ1v) is 5.90. The zero-order valence-corrected chi connectivity index (χ0v) is 9.84. The summed E-state index contributed by atoms with van der Waals surface area (Å²) in [4.78, 5) is 11.6. The molecular weight excluding hydrogens is 176 g/mol. The molecule has 0 aliphatic carbocycles. The summed E-state index contributed by atoms with van der Waals surface area (Å²) in [6, 6.07) is 0. The summed E-state index contributed by atoms with van der Waals surface area (Å²) in [5.41, 5.74) is 0. The molecule has 0 fully saturated rings. The van der Waals surface area contributed by atoms with Crippen molar-refractivity contribution in [2.45, 2.75) is 65.4 Å². The quantitative estimate of drug-likeness (QED) is 0.534. The molecule has 0 aromatic heterocycles. The molecule has 0 saturated heterocycles. The molecule has 0 N–H and O–H groups in total. The van der Waals surface area contributed by atoms with Crippen molar-refractivity contribution in [1.82, 2.24) is 0 Å². The number of hydrogen-bond acceptors (Lipinski definition) is 2. The van der Waals surface area contributed by atoms with Crippen LogP contribution in [-0.4, -0.2) is 18.5 Å². The Labute approximate surface area is 88.0 Å². The van der Waals surface area contributed by atoms with Crippen molar-refractivity contribution in [2.75, 3.05) is 6.61 Å². The summed E-state index contributed by atoms with van der Waals surface area (Å²) in [6.45, 7) is 6.80. The number of rotatable bonds is 9. The van der Waals surface area contributed by atoms with Crippen LogP contribution in [0, 0.1) is 0 Å². The van der Waals surface area contributed by atoms with Gasteiger partial charge in [-0.2, -0.15) is 0 Å². The molecule has 0 aromatic carbocycles. The zero-order chi connectivity index (χ0) is 10.8. The van der Waals surface area contributed by atoms with Gasteiger partial charge in [-0.05, 0) is 19.8 Å². The van der Waals surface area contributed by atoms with Crippen LogP contribution in [0.4, 0.5) is 0 Å². The number of unbranched alkanes of at least 4 members (excludes halogenated alkanes) is 2. The largest absolute Gasteiger partial charge is 0.371 e. The van der Waals surface area contributed by atoms with E-state index >= 15 is 0 Å². The van der Waals surface area contributed by atoms with Gasteiger partial charge < -0.3 is 4.74 Å². The number of hydrogen-bond donors (Lipinski definition) is 0. The van der Waals surface area contributed by atoms with E-state index in [0.717, 1.165) is 19.3 Å². The van der Waals surface area contributed by atoms with Gasteiger partial charge in [-0.15, -0.1) is 0 Å². The lowest BCUT2D eigenvalue weighted by atomic mass is 10.0. The van der Waals surface area contributed by atoms with E-state index in [2.05, 4.69) is 6.92 Å². The monoisotopic (exact) mass is 200 g/mol. The van der Waals surface area contributed by atoms with Crippen molar-refractivity contribution in [1.29, 1.82) is 0 Å². The smallest absolute Gasteiger partial charge is 0.161 e. The molecule has 0 saturated carbocycles. The minimum Gasteiger partial charge on any atom is -0.371 e. The molecule has 2 nitrogen and oxygen atoms in total. The molecule has 0 radical (unpaired) electrons. The molecule has 0 aliphatic heterocycles. The normalized spacial score (nSPS) is 12.8. The predicted octanol–water partition coefficient (Wildman–Crippen LogP) is 3.34. The van der Waals surface area contributed by atoms with Crippen LogP contribution in [0.5, 0.6) is 0 Å². The lowest BCUT2D eigenvalue weighted by Crippen LogP contribution is -2.24. The molecule has 2 heteroatoms. The van der Waals surface area contributed by atoms with E-state index in [4.69, 9.17) is 4.74 Å². The highest BCUT2D eigenvalue weighted by Gasteiger charge is 2.16. The van der Waals surface area contributed by atoms with E-state index in [1.165, 1.54) is 12.8 Å². The maximum Gasteiger partial charge on any atom is 0.161 e. The molecule has 0 aromatic rings. The molecule has 0 aliphatic rings. The van der Waals surface area contributed by atoms with Gasteiger partial charge in [-0.25, -0.2) is 0 Å². The van der Waals surface area contributed by atoms with Crippen molar-refractivity contribution >= 4 is 5.78 Å². The molecule has 0 heterocycles. The zero-order valence-electron chi connectivity index (χ0n) is 9.84. The van der Waals surface area contributed by atoms with Gasteiger partial charge in [0.1, 0.15) is 6.10 Å². The van der Waals surface area contributed by atoms with Gasteiger partial charge in [0.25, 0.3) is 0 Å². The fourth-order valence-corrected chi connectivity index (χ4v) is 1.53. The average Bonchev–Trinajstić information content (AvgIpc) is 2.17. The van der Waals surface area contributed by atoms with E-state index in [0.29, 0.717) is 13.0 Å². The van der Waals surface area contributed by atoms with Gasteiger partial charge in [0.15, 0.2) is 5.78 Å². The summed E-state index contributed by atoms with van der Waals surface area (Å²) >= 11 is 0. The summed E-state index contributed by atoms with van der Waals surface area (Å²) < 4.78 is 5.45. The maximum absolute atomic E-state index is 11.6. The van der Waals surface area contributed by atoms with Crippen LogP contribution in [0.15, 0.2) is 0 Å². The molecule has 0 amide bonds. The molecule has 1 unspecified atom stereocenters. The van der Waals surface area contributed by atoms with E-state index in [9.17, 15) is 4.79 Å². The first-order valence-electron chi connectivity index (χ1n) is 5.90. The molecule has 84 valence electrons. The van der Waals surface area contributed by atoms with Gasteiger partial charge in [-0.3, -0.25) is 4.79 Å². The fourth-order valence-electron chi connectivity index (χ4n) is 1.53. The lowest BCUT2D eigenvalue weighted by molar-refractivity contribution is -0.130. The Balaban J connectivity index is 3.81. The molecule has 14 heavy (non-hydrogen) atoms. The van der Waals surface area contributed by atoms with Crippen molar-refractivity contribution in [3.8, 4) is 0 Å². The second-order valence-electron chi connectivity index (χ2n) is 3.66. The van der Waals surface area contributed by atoms with Gasteiger partial charge >= 0.3 is 0 Å². The summed E-state index contributed by atoms with van der Waals surface area (Å²) in [5, 5.41) is 0. The second-order valence-corrected chi connectivity index (χ2v) is 3.66. The number of Topliss-reactive ketones (excluding diaryl/α,β-unsaturated/α-hetero) is 1. The van der Waals surface area contributed by atoms with Crippen molar-refractivity contribution < 1.29 is 9.53 Å². The third-order valence-electron chi connectivity index (χ3n) is 2.29. The first kappa shape index (κ1) is 13.6. The van der Waals surface area contributed by atoms with Crippen LogP contribution < -0.4 is 0 Å². The van der Waals surface area contributed by atoms with Crippen LogP contribution in [-0.2, 0) is 9.53 Å². The van der Waals surface area contributed by atoms with Crippen LogP contribution in [0.2, 0.25) is 0 Å². The van der Waals surface area contributed by atoms with Crippen LogP contribution in [0.25, 0.3) is 0 Å². The summed E-state index contributed by atoms with van der Waals surface area (Å²) in [6.07, 6.45) is 5.86. The van der Waals surface area contributed by atoms with Gasteiger partial charge in [-0.1, -0.05) is 33.1 Å². The Hall–Kier alpha value is -0.370. The lowest BCUT2D eigenvalue weighted by Gasteiger charge is -2.15. The Morgan fingerprint density at radius 3 is 2.36 bits per heavy atom. The molecular formula is C12H24O2. The summed E-state index contributed by atoms with van der Waals surface area (Å²) in [7, 11) is 0. The third-order valence-corrected chi connectivity index (χ3v) is 2.29. The van der Waals surface area contributed by atoms with E-state index < -0.39 is 0 Å². The minimum atomic E-state index is -0.133. The van der Waals surface area contributed by atoms with Crippen LogP contribution in [0.3, 0.4) is 0 Å². The highest BCUT2D eigenvalue weighted by molar-refractivity contribution is 5.82. The van der Waals surface area contributed by atoms with Crippen LogP contribution >= 0.6 is 0 Å². The topological polar surface area (TPSA) is 26.3 Å². The third kappa shape index (κ3) is 6.14. The van der Waals surface area contributed by atoms with Crippen molar-refractivity contribution in [2.24, 2.45) is 0 Å². The van der Waals surface area contributed by atoms with Gasteiger partial charge in [0.2, 0.25) is 0 Å². The van der Waals surface area contributed by atoms with Crippen LogP contribution in [0.1, 0.15) is 59.3 Å². The molecule has 1 atom stereocenters. The molecule has 0 rings (SSSR count). The van der Waals surface area contributed by atoms with Crippen molar-refractivity contribution in [3.05, 3.63) is 0 Å². The van der Waals surface area contributed by atoms with Gasteiger partial charge in [0.05, 0.1) is 0 Å². The second kappa shape index (κ2) is 9.20. The number of carbonyl (C=O) groups excluding carboxylic acids is 1. The van der Waals surface area contributed by atoms with E-state index in [1.807, 2.05) is 13.8 Å². The highest BCUT2D eigenvalue weighted by atomic mass is 16.5. The fraction of sp³-hybridized carbons (Fsp3) is 0.917.